The zero-order valence-corrected chi connectivity index (χ0v) is 9.21. The van der Waals surface area contributed by atoms with Gasteiger partial charge in [0.05, 0.1) is 6.61 Å². The monoisotopic (exact) mass is 193 g/mol. The van der Waals surface area contributed by atoms with E-state index >= 15 is 0 Å². The van der Waals surface area contributed by atoms with Crippen LogP contribution in [0.25, 0.3) is 0 Å². The van der Waals surface area contributed by atoms with E-state index in [1.165, 1.54) is 11.1 Å². The maximum Gasteiger partial charge on any atom is 0.119 e. The third-order valence-electron chi connectivity index (χ3n) is 2.20. The maximum absolute atomic E-state index is 5.82. The van der Waals surface area contributed by atoms with Gasteiger partial charge in [0.15, 0.2) is 0 Å². The Balaban J connectivity index is 2.78. The molecule has 1 unspecified atom stereocenters. The van der Waals surface area contributed by atoms with E-state index in [-0.39, 0.29) is 6.04 Å². The van der Waals surface area contributed by atoms with Crippen molar-refractivity contribution in [2.24, 2.45) is 5.73 Å². The summed E-state index contributed by atoms with van der Waals surface area (Å²) in [5.41, 5.74) is 8.22. The fraction of sp³-hybridized carbons (Fsp3) is 0.500. The maximum atomic E-state index is 5.82. The highest BCUT2D eigenvalue weighted by molar-refractivity contribution is 5.36. The van der Waals surface area contributed by atoms with Gasteiger partial charge in [0, 0.05) is 6.04 Å². The lowest BCUT2D eigenvalue weighted by atomic mass is 10.0. The highest BCUT2D eigenvalue weighted by atomic mass is 16.5. The van der Waals surface area contributed by atoms with Crippen LogP contribution in [0.4, 0.5) is 0 Å². The first-order valence-electron chi connectivity index (χ1n) is 5.14. The second kappa shape index (κ2) is 5.01. The van der Waals surface area contributed by atoms with Crippen LogP contribution < -0.4 is 10.5 Å². The van der Waals surface area contributed by atoms with Gasteiger partial charge >= 0.3 is 0 Å². The minimum atomic E-state index is 0.0928. The molecule has 0 radical (unpaired) electrons. The predicted molar refractivity (Wildman–Crippen MR) is 59.6 cm³/mol. The average Bonchev–Trinajstić information content (AvgIpc) is 2.14. The van der Waals surface area contributed by atoms with Crippen molar-refractivity contribution in [1.82, 2.24) is 0 Å². The topological polar surface area (TPSA) is 35.2 Å². The standard InChI is InChI=1S/C12H19NO/c1-4-7-14-11-5-6-12(10(3)13)9(2)8-11/h5-6,8,10H,4,7,13H2,1-3H3. The molecule has 0 aliphatic heterocycles. The first-order valence-corrected chi connectivity index (χ1v) is 5.14. The number of nitrogens with two attached hydrogens (primary N) is 1. The molecule has 0 bridgehead atoms. The quantitative estimate of drug-likeness (QED) is 0.798. The molecule has 1 rings (SSSR count). The molecular formula is C12H19NO. The second-order valence-electron chi connectivity index (χ2n) is 3.66. The summed E-state index contributed by atoms with van der Waals surface area (Å²) in [5.74, 6) is 0.939. The van der Waals surface area contributed by atoms with Crippen LogP contribution in [-0.4, -0.2) is 6.61 Å². The zero-order valence-electron chi connectivity index (χ0n) is 9.21. The van der Waals surface area contributed by atoms with E-state index in [0.717, 1.165) is 18.8 Å². The number of rotatable bonds is 4. The first kappa shape index (κ1) is 11.1. The first-order chi connectivity index (χ1) is 6.65. The fourth-order valence-electron chi connectivity index (χ4n) is 1.47. The van der Waals surface area contributed by atoms with Gasteiger partial charge in [0.2, 0.25) is 0 Å². The van der Waals surface area contributed by atoms with Crippen LogP contribution in [0, 0.1) is 6.92 Å². The van der Waals surface area contributed by atoms with Gasteiger partial charge in [0.25, 0.3) is 0 Å². The average molecular weight is 193 g/mol. The molecule has 0 heterocycles. The van der Waals surface area contributed by atoms with Gasteiger partial charge in [-0.2, -0.15) is 0 Å². The largest absolute Gasteiger partial charge is 0.494 e. The van der Waals surface area contributed by atoms with Crippen LogP contribution >= 0.6 is 0 Å². The molecule has 2 N–H and O–H groups in total. The Labute approximate surface area is 86.1 Å². The lowest BCUT2D eigenvalue weighted by molar-refractivity contribution is 0.317. The number of aryl methyl sites for hydroxylation is 1. The van der Waals surface area contributed by atoms with E-state index in [9.17, 15) is 0 Å². The van der Waals surface area contributed by atoms with Gasteiger partial charge in [0.1, 0.15) is 5.75 Å². The molecule has 0 amide bonds. The number of hydrogen-bond acceptors (Lipinski definition) is 2. The Kier molecular flexibility index (Phi) is 3.96. The van der Waals surface area contributed by atoms with Gasteiger partial charge in [-0.15, -0.1) is 0 Å². The van der Waals surface area contributed by atoms with Crippen molar-refractivity contribution >= 4 is 0 Å². The van der Waals surface area contributed by atoms with E-state index in [2.05, 4.69) is 13.8 Å². The molecule has 0 aromatic heterocycles. The van der Waals surface area contributed by atoms with Crippen LogP contribution in [0.2, 0.25) is 0 Å². The van der Waals surface area contributed by atoms with Gasteiger partial charge < -0.3 is 10.5 Å². The highest BCUT2D eigenvalue weighted by Crippen LogP contribution is 2.21. The SMILES string of the molecule is CCCOc1ccc(C(C)N)c(C)c1. The molecule has 0 aliphatic rings. The number of benzene rings is 1. The zero-order chi connectivity index (χ0) is 10.6. The molecule has 1 aromatic carbocycles. The Morgan fingerprint density at radius 2 is 2.14 bits per heavy atom. The summed E-state index contributed by atoms with van der Waals surface area (Å²) in [4.78, 5) is 0. The van der Waals surface area contributed by atoms with Gasteiger partial charge in [-0.3, -0.25) is 0 Å². The van der Waals surface area contributed by atoms with Crippen molar-refractivity contribution in [2.75, 3.05) is 6.61 Å². The van der Waals surface area contributed by atoms with E-state index < -0.39 is 0 Å². The number of hydrogen-bond donors (Lipinski definition) is 1. The molecular weight excluding hydrogens is 174 g/mol. The van der Waals surface area contributed by atoms with Gasteiger partial charge in [-0.1, -0.05) is 13.0 Å². The molecule has 1 atom stereocenters. The van der Waals surface area contributed by atoms with E-state index in [1.807, 2.05) is 25.1 Å². The molecule has 14 heavy (non-hydrogen) atoms. The van der Waals surface area contributed by atoms with E-state index in [4.69, 9.17) is 10.5 Å². The second-order valence-corrected chi connectivity index (χ2v) is 3.66. The summed E-state index contributed by atoms with van der Waals surface area (Å²) in [5, 5.41) is 0. The minimum absolute atomic E-state index is 0.0928. The van der Waals surface area contributed by atoms with Crippen LogP contribution in [0.15, 0.2) is 18.2 Å². The Hall–Kier alpha value is -1.02. The van der Waals surface area contributed by atoms with Gasteiger partial charge in [-0.25, -0.2) is 0 Å². The normalized spacial score (nSPS) is 12.6. The summed E-state index contributed by atoms with van der Waals surface area (Å²) in [7, 11) is 0. The van der Waals surface area contributed by atoms with Gasteiger partial charge in [-0.05, 0) is 43.5 Å². The molecule has 0 spiro atoms. The Morgan fingerprint density at radius 1 is 1.43 bits per heavy atom. The molecule has 0 fully saturated rings. The summed E-state index contributed by atoms with van der Waals surface area (Å²) < 4.78 is 5.53. The van der Waals surface area contributed by atoms with Crippen molar-refractivity contribution in [3.8, 4) is 5.75 Å². The van der Waals surface area contributed by atoms with Crippen molar-refractivity contribution < 1.29 is 4.74 Å². The van der Waals surface area contributed by atoms with Crippen molar-refractivity contribution in [2.45, 2.75) is 33.2 Å². The van der Waals surface area contributed by atoms with Crippen molar-refractivity contribution in [3.63, 3.8) is 0 Å². The predicted octanol–water partition coefficient (Wildman–Crippen LogP) is 2.80. The van der Waals surface area contributed by atoms with Crippen LogP contribution in [0.3, 0.4) is 0 Å². The molecule has 2 nitrogen and oxygen atoms in total. The summed E-state index contributed by atoms with van der Waals surface area (Å²) in [6, 6.07) is 6.18. The lowest BCUT2D eigenvalue weighted by Crippen LogP contribution is -2.07. The molecule has 78 valence electrons. The van der Waals surface area contributed by atoms with Crippen LogP contribution in [0.5, 0.6) is 5.75 Å². The van der Waals surface area contributed by atoms with E-state index in [1.54, 1.807) is 0 Å². The van der Waals surface area contributed by atoms with Crippen molar-refractivity contribution in [1.29, 1.82) is 0 Å². The third kappa shape index (κ3) is 2.74. The van der Waals surface area contributed by atoms with Crippen molar-refractivity contribution in [3.05, 3.63) is 29.3 Å². The minimum Gasteiger partial charge on any atom is -0.494 e. The lowest BCUT2D eigenvalue weighted by Gasteiger charge is -2.11. The highest BCUT2D eigenvalue weighted by Gasteiger charge is 2.04. The summed E-state index contributed by atoms with van der Waals surface area (Å²) in [6.45, 7) is 6.94. The fourth-order valence-corrected chi connectivity index (χ4v) is 1.47. The third-order valence-corrected chi connectivity index (χ3v) is 2.20. The molecule has 1 aromatic rings. The number of ether oxygens (including phenoxy) is 1. The van der Waals surface area contributed by atoms with Crippen LogP contribution in [0.1, 0.15) is 37.4 Å². The van der Waals surface area contributed by atoms with Crippen LogP contribution in [-0.2, 0) is 0 Å². The summed E-state index contributed by atoms with van der Waals surface area (Å²) in [6.07, 6.45) is 1.04. The molecule has 2 heteroatoms. The summed E-state index contributed by atoms with van der Waals surface area (Å²) >= 11 is 0. The smallest absolute Gasteiger partial charge is 0.119 e. The van der Waals surface area contributed by atoms with E-state index in [0.29, 0.717) is 0 Å². The molecule has 0 saturated carbocycles. The Bertz CT molecular complexity index is 294. The Morgan fingerprint density at radius 3 is 2.64 bits per heavy atom. The molecule has 0 saturated heterocycles. The molecule has 0 aliphatic carbocycles.